The zero-order valence-electron chi connectivity index (χ0n) is 10.3. The summed E-state index contributed by atoms with van der Waals surface area (Å²) in [6, 6.07) is 0. The van der Waals surface area contributed by atoms with Gasteiger partial charge in [0.15, 0.2) is 0 Å². The molecule has 4 atom stereocenters. The van der Waals surface area contributed by atoms with Gasteiger partial charge in [-0.2, -0.15) is 13.2 Å². The number of allylic oxidation sites excluding steroid dienone is 2. The van der Waals surface area contributed by atoms with Crippen molar-refractivity contribution < 1.29 is 17.9 Å². The second-order valence-electron chi connectivity index (χ2n) is 5.49. The molecule has 2 aliphatic carbocycles. The van der Waals surface area contributed by atoms with Crippen LogP contribution in [0.15, 0.2) is 23.5 Å². The van der Waals surface area contributed by atoms with E-state index in [1.54, 1.807) is 0 Å². The smallest absolute Gasteiger partial charge is 0.416 e. The van der Waals surface area contributed by atoms with E-state index in [1.165, 1.54) is 0 Å². The third-order valence-electron chi connectivity index (χ3n) is 4.36. The molecule has 0 aromatic rings. The van der Waals surface area contributed by atoms with Gasteiger partial charge in [0.2, 0.25) is 0 Å². The molecule has 1 heterocycles. The van der Waals surface area contributed by atoms with E-state index in [4.69, 9.17) is 4.74 Å². The Morgan fingerprint density at radius 1 is 1.28 bits per heavy atom. The Balaban J connectivity index is 1.92. The zero-order valence-corrected chi connectivity index (χ0v) is 10.3. The van der Waals surface area contributed by atoms with Crippen LogP contribution in [-0.4, -0.2) is 12.3 Å². The van der Waals surface area contributed by atoms with E-state index in [1.807, 2.05) is 19.1 Å². The number of ether oxygens (including phenoxy) is 1. The molecule has 18 heavy (non-hydrogen) atoms. The first-order chi connectivity index (χ1) is 8.52. The molecule has 1 fully saturated rings. The molecule has 3 aliphatic rings. The maximum Gasteiger partial charge on any atom is 0.416 e. The fourth-order valence-electron chi connectivity index (χ4n) is 3.61. The fraction of sp³-hybridized carbons (Fsp3) is 0.714. The van der Waals surface area contributed by atoms with Gasteiger partial charge in [-0.1, -0.05) is 25.5 Å². The van der Waals surface area contributed by atoms with Crippen LogP contribution >= 0.6 is 0 Å². The molecule has 3 rings (SSSR count). The van der Waals surface area contributed by atoms with Gasteiger partial charge in [0.05, 0.1) is 5.57 Å². The van der Waals surface area contributed by atoms with Crippen molar-refractivity contribution >= 4 is 0 Å². The summed E-state index contributed by atoms with van der Waals surface area (Å²) in [5, 5.41) is 0. The number of hydrogen-bond acceptors (Lipinski definition) is 1. The van der Waals surface area contributed by atoms with E-state index in [-0.39, 0.29) is 29.3 Å². The van der Waals surface area contributed by atoms with E-state index >= 15 is 0 Å². The first-order valence-electron chi connectivity index (χ1n) is 6.67. The first kappa shape index (κ1) is 12.1. The van der Waals surface area contributed by atoms with Gasteiger partial charge in [0.1, 0.15) is 11.9 Å². The number of fused-ring (bicyclic) bond motifs is 5. The second-order valence-corrected chi connectivity index (χ2v) is 5.49. The number of unbranched alkanes of at least 4 members (excludes halogenated alkanes) is 1. The molecule has 1 aliphatic heterocycles. The molecule has 0 radical (unpaired) electrons. The summed E-state index contributed by atoms with van der Waals surface area (Å²) < 4.78 is 45.4. The fourth-order valence-corrected chi connectivity index (χ4v) is 3.61. The topological polar surface area (TPSA) is 9.23 Å². The van der Waals surface area contributed by atoms with Crippen molar-refractivity contribution in [3.05, 3.63) is 23.5 Å². The Kier molecular flexibility index (Phi) is 2.72. The van der Waals surface area contributed by atoms with Gasteiger partial charge < -0.3 is 4.74 Å². The second kappa shape index (κ2) is 4.04. The standard InChI is InChI=1S/C14H17F3O/c1-2-3-4-10-12(14(15,16)17)11-8-5-6-9(7-8)13(11)18-10/h5-6,8-9,11,13H,2-4,7H2,1H3/t8-,9+,11-,13-/m0/s1. The SMILES string of the molecule is CCCCC1=C(C(F)(F)F)[C@H]2[C@@H](O1)[C@@H]1C=C[C@H]2C1. The molecule has 0 unspecified atom stereocenters. The molecule has 1 nitrogen and oxygen atoms in total. The number of rotatable bonds is 3. The molecule has 2 bridgehead atoms. The lowest BCUT2D eigenvalue weighted by Crippen LogP contribution is -2.28. The van der Waals surface area contributed by atoms with Gasteiger partial charge in [-0.05, 0) is 18.8 Å². The van der Waals surface area contributed by atoms with E-state index in [2.05, 4.69) is 0 Å². The van der Waals surface area contributed by atoms with Crippen LogP contribution in [0.5, 0.6) is 0 Å². The molecule has 4 heteroatoms. The average Bonchev–Trinajstić information content (AvgIpc) is 2.95. The Bertz CT molecular complexity index is 408. The maximum atomic E-state index is 13.2. The highest BCUT2D eigenvalue weighted by molar-refractivity contribution is 5.33. The molecule has 0 aromatic carbocycles. The van der Waals surface area contributed by atoms with E-state index in [0.717, 1.165) is 19.3 Å². The molecule has 0 amide bonds. The summed E-state index contributed by atoms with van der Waals surface area (Å²) >= 11 is 0. The van der Waals surface area contributed by atoms with Gasteiger partial charge >= 0.3 is 6.18 Å². The minimum absolute atomic E-state index is 0.0377. The highest BCUT2D eigenvalue weighted by Crippen LogP contribution is 2.57. The van der Waals surface area contributed by atoms with Crippen LogP contribution in [-0.2, 0) is 4.74 Å². The van der Waals surface area contributed by atoms with Gasteiger partial charge in [0.25, 0.3) is 0 Å². The predicted octanol–water partition coefficient (Wildman–Crippen LogP) is 4.21. The lowest BCUT2D eigenvalue weighted by atomic mass is 9.85. The van der Waals surface area contributed by atoms with Crippen molar-refractivity contribution in [2.75, 3.05) is 0 Å². The summed E-state index contributed by atoms with van der Waals surface area (Å²) in [5.74, 6) is 0.0110. The molecule has 0 N–H and O–H groups in total. The monoisotopic (exact) mass is 258 g/mol. The third-order valence-corrected chi connectivity index (χ3v) is 4.36. The summed E-state index contributed by atoms with van der Waals surface area (Å²) in [6.07, 6.45) is 2.40. The lowest BCUT2D eigenvalue weighted by Gasteiger charge is -2.22. The lowest BCUT2D eigenvalue weighted by molar-refractivity contribution is -0.0999. The summed E-state index contributed by atoms with van der Waals surface area (Å²) in [6.45, 7) is 1.98. The van der Waals surface area contributed by atoms with Crippen LogP contribution in [0.1, 0.15) is 32.6 Å². The minimum Gasteiger partial charge on any atom is -0.493 e. The van der Waals surface area contributed by atoms with Crippen molar-refractivity contribution in [3.63, 3.8) is 0 Å². The molecular weight excluding hydrogens is 241 g/mol. The van der Waals surface area contributed by atoms with Gasteiger partial charge in [-0.25, -0.2) is 0 Å². The van der Waals surface area contributed by atoms with Crippen molar-refractivity contribution in [2.24, 2.45) is 17.8 Å². The number of alkyl halides is 3. The van der Waals surface area contributed by atoms with Crippen LogP contribution in [0.2, 0.25) is 0 Å². The van der Waals surface area contributed by atoms with E-state index < -0.39 is 12.1 Å². The van der Waals surface area contributed by atoms with E-state index in [0.29, 0.717) is 6.42 Å². The molecule has 0 spiro atoms. The molecule has 1 saturated carbocycles. The number of halogens is 3. The van der Waals surface area contributed by atoms with Crippen molar-refractivity contribution in [1.29, 1.82) is 0 Å². The molecule has 0 aromatic heterocycles. The third kappa shape index (κ3) is 1.69. The van der Waals surface area contributed by atoms with Crippen molar-refractivity contribution in [3.8, 4) is 0 Å². The van der Waals surface area contributed by atoms with Gasteiger partial charge in [-0.3, -0.25) is 0 Å². The van der Waals surface area contributed by atoms with Crippen LogP contribution in [0.25, 0.3) is 0 Å². The van der Waals surface area contributed by atoms with Crippen LogP contribution < -0.4 is 0 Å². The van der Waals surface area contributed by atoms with Crippen LogP contribution in [0.3, 0.4) is 0 Å². The summed E-state index contributed by atoms with van der Waals surface area (Å²) in [4.78, 5) is 0. The minimum atomic E-state index is -4.24. The quantitative estimate of drug-likeness (QED) is 0.689. The van der Waals surface area contributed by atoms with Gasteiger partial charge in [0, 0.05) is 18.3 Å². The van der Waals surface area contributed by atoms with E-state index in [9.17, 15) is 13.2 Å². The summed E-state index contributed by atoms with van der Waals surface area (Å²) in [7, 11) is 0. The number of hydrogen-bond donors (Lipinski definition) is 0. The Morgan fingerprint density at radius 3 is 2.67 bits per heavy atom. The predicted molar refractivity (Wildman–Crippen MR) is 61.7 cm³/mol. The molecule has 100 valence electrons. The van der Waals surface area contributed by atoms with Crippen LogP contribution in [0.4, 0.5) is 13.2 Å². The van der Waals surface area contributed by atoms with Crippen molar-refractivity contribution in [1.82, 2.24) is 0 Å². The normalized spacial score (nSPS) is 37.3. The summed E-state index contributed by atoms with van der Waals surface area (Å²) in [5.41, 5.74) is -0.363. The molecule has 0 saturated heterocycles. The highest BCUT2D eigenvalue weighted by Gasteiger charge is 2.58. The van der Waals surface area contributed by atoms with Gasteiger partial charge in [-0.15, -0.1) is 0 Å². The Morgan fingerprint density at radius 2 is 2.00 bits per heavy atom. The Labute approximate surface area is 105 Å². The average molecular weight is 258 g/mol. The Hall–Kier alpha value is -0.930. The first-order valence-corrected chi connectivity index (χ1v) is 6.67. The van der Waals surface area contributed by atoms with Crippen molar-refractivity contribution in [2.45, 2.75) is 44.9 Å². The molecular formula is C14H17F3O. The highest BCUT2D eigenvalue weighted by atomic mass is 19.4. The van der Waals surface area contributed by atoms with Crippen LogP contribution in [0, 0.1) is 17.8 Å². The zero-order chi connectivity index (χ0) is 12.9. The largest absolute Gasteiger partial charge is 0.493 e. The maximum absolute atomic E-state index is 13.2.